The molecule has 1 aromatic heterocycles. The number of hydrogen-bond acceptors (Lipinski definition) is 3. The van der Waals surface area contributed by atoms with Gasteiger partial charge in [-0.2, -0.15) is 11.8 Å². The van der Waals surface area contributed by atoms with Crippen molar-refractivity contribution >= 4 is 23.1 Å². The summed E-state index contributed by atoms with van der Waals surface area (Å²) in [6, 6.07) is 8.44. The molecule has 0 amide bonds. The Hall–Kier alpha value is -0.770. The molecule has 1 aromatic carbocycles. The maximum Gasteiger partial charge on any atom is 0.113 e. The van der Waals surface area contributed by atoms with Gasteiger partial charge in [0.1, 0.15) is 6.10 Å². The Kier molecular flexibility index (Phi) is 3.70. The van der Waals surface area contributed by atoms with E-state index < -0.39 is 6.10 Å². The zero-order chi connectivity index (χ0) is 13.4. The van der Waals surface area contributed by atoms with Crippen LogP contribution in [-0.4, -0.2) is 10.9 Å². The van der Waals surface area contributed by atoms with E-state index in [9.17, 15) is 5.11 Å². The van der Waals surface area contributed by atoms with Crippen LogP contribution < -0.4 is 0 Å². The summed E-state index contributed by atoms with van der Waals surface area (Å²) in [5.74, 6) is 2.32. The minimum atomic E-state index is -0.472. The molecule has 0 radical (unpaired) electrons. The van der Waals surface area contributed by atoms with Crippen molar-refractivity contribution in [3.63, 3.8) is 0 Å². The molecule has 1 aliphatic rings. The fourth-order valence-electron chi connectivity index (χ4n) is 2.40. The fraction of sp³-hybridized carbons (Fsp3) is 0.375. The average molecular weight is 290 g/mol. The van der Waals surface area contributed by atoms with Crippen molar-refractivity contribution in [1.82, 2.24) is 0 Å². The maximum atomic E-state index is 10.6. The largest absolute Gasteiger partial charge is 0.383 e. The van der Waals surface area contributed by atoms with Gasteiger partial charge >= 0.3 is 0 Å². The molecule has 3 rings (SSSR count). The molecule has 0 bridgehead atoms. The summed E-state index contributed by atoms with van der Waals surface area (Å²) >= 11 is 3.77. The molecule has 0 aliphatic carbocycles. The number of thiophene rings is 1. The second-order valence-electron chi connectivity index (χ2n) is 5.15. The van der Waals surface area contributed by atoms with Crippen LogP contribution in [0.25, 0.3) is 0 Å². The summed E-state index contributed by atoms with van der Waals surface area (Å²) < 4.78 is 0. The third-order valence-electron chi connectivity index (χ3n) is 3.76. The highest BCUT2D eigenvalue weighted by molar-refractivity contribution is 7.98. The highest BCUT2D eigenvalue weighted by Gasteiger charge is 2.19. The van der Waals surface area contributed by atoms with Crippen LogP contribution in [0.3, 0.4) is 0 Å². The quantitative estimate of drug-likeness (QED) is 0.893. The van der Waals surface area contributed by atoms with Gasteiger partial charge in [0.2, 0.25) is 0 Å². The molecular weight excluding hydrogens is 272 g/mol. The van der Waals surface area contributed by atoms with E-state index in [1.165, 1.54) is 27.3 Å². The summed E-state index contributed by atoms with van der Waals surface area (Å²) in [7, 11) is 0. The van der Waals surface area contributed by atoms with Crippen LogP contribution in [0.15, 0.2) is 24.3 Å². The lowest BCUT2D eigenvalue weighted by Gasteiger charge is -2.11. The Bertz CT molecular complexity index is 577. The van der Waals surface area contributed by atoms with Crippen molar-refractivity contribution in [2.45, 2.75) is 32.1 Å². The number of hydrogen-bond donors (Lipinski definition) is 1. The molecule has 1 atom stereocenters. The first-order valence-corrected chi connectivity index (χ1v) is 8.56. The lowest BCUT2D eigenvalue weighted by Crippen LogP contribution is -1.98. The monoisotopic (exact) mass is 290 g/mol. The molecule has 1 nitrogen and oxygen atoms in total. The van der Waals surface area contributed by atoms with Gasteiger partial charge in [-0.05, 0) is 54.3 Å². The molecule has 2 aromatic rings. The topological polar surface area (TPSA) is 20.2 Å². The van der Waals surface area contributed by atoms with Crippen molar-refractivity contribution in [3.8, 4) is 0 Å². The van der Waals surface area contributed by atoms with E-state index in [0.717, 1.165) is 22.6 Å². The smallest absolute Gasteiger partial charge is 0.113 e. The zero-order valence-electron chi connectivity index (χ0n) is 11.3. The van der Waals surface area contributed by atoms with Gasteiger partial charge in [-0.15, -0.1) is 11.3 Å². The Balaban J connectivity index is 1.92. The summed E-state index contributed by atoms with van der Waals surface area (Å²) in [4.78, 5) is 2.56. The third kappa shape index (κ3) is 2.60. The summed E-state index contributed by atoms with van der Waals surface area (Å²) in [6.45, 7) is 4.20. The third-order valence-corrected chi connectivity index (χ3v) is 6.06. The van der Waals surface area contributed by atoms with E-state index in [0.29, 0.717) is 0 Å². The summed E-state index contributed by atoms with van der Waals surface area (Å²) in [5.41, 5.74) is 4.96. The van der Waals surface area contributed by atoms with Gasteiger partial charge in [0.15, 0.2) is 0 Å². The van der Waals surface area contributed by atoms with E-state index in [1.807, 2.05) is 17.8 Å². The molecule has 0 fully saturated rings. The van der Waals surface area contributed by atoms with E-state index in [2.05, 4.69) is 32.0 Å². The van der Waals surface area contributed by atoms with E-state index in [-0.39, 0.29) is 0 Å². The van der Waals surface area contributed by atoms with Crippen molar-refractivity contribution < 1.29 is 5.11 Å². The van der Waals surface area contributed by atoms with Crippen LogP contribution in [0.1, 0.15) is 38.1 Å². The second-order valence-corrected chi connectivity index (χ2v) is 7.42. The molecule has 0 spiro atoms. The number of fused-ring (bicyclic) bond motifs is 1. The van der Waals surface area contributed by atoms with E-state index in [1.54, 1.807) is 11.3 Å². The van der Waals surface area contributed by atoms with Crippen LogP contribution >= 0.6 is 23.1 Å². The first-order valence-electron chi connectivity index (χ1n) is 6.59. The van der Waals surface area contributed by atoms with Crippen LogP contribution in [0.2, 0.25) is 0 Å². The number of aryl methyl sites for hydroxylation is 3. The molecule has 0 saturated carbocycles. The molecular formula is C16H18OS2. The van der Waals surface area contributed by atoms with Crippen LogP contribution in [0.5, 0.6) is 0 Å². The van der Waals surface area contributed by atoms with Gasteiger partial charge < -0.3 is 5.11 Å². The minimum Gasteiger partial charge on any atom is -0.383 e. The summed E-state index contributed by atoms with van der Waals surface area (Å²) in [5, 5.41) is 10.6. The fourth-order valence-corrected chi connectivity index (χ4v) is 4.79. The highest BCUT2D eigenvalue weighted by atomic mass is 32.2. The number of thioether (sulfide) groups is 1. The predicted octanol–water partition coefficient (Wildman–Crippen LogP) is 4.24. The minimum absolute atomic E-state index is 0.472. The Morgan fingerprint density at radius 3 is 2.74 bits per heavy atom. The van der Waals surface area contributed by atoms with Crippen LogP contribution in [0.4, 0.5) is 0 Å². The Morgan fingerprint density at radius 2 is 2.00 bits per heavy atom. The molecule has 1 aliphatic heterocycles. The molecule has 1 unspecified atom stereocenters. The number of aliphatic hydroxyl groups excluding tert-OH is 1. The van der Waals surface area contributed by atoms with E-state index in [4.69, 9.17) is 0 Å². The van der Waals surface area contributed by atoms with Gasteiger partial charge in [-0.3, -0.25) is 0 Å². The van der Waals surface area contributed by atoms with Gasteiger partial charge in [0.25, 0.3) is 0 Å². The van der Waals surface area contributed by atoms with Crippen molar-refractivity contribution in [2.75, 3.05) is 5.75 Å². The second kappa shape index (κ2) is 5.31. The molecule has 2 heterocycles. The maximum absolute atomic E-state index is 10.6. The van der Waals surface area contributed by atoms with Crippen molar-refractivity contribution in [2.24, 2.45) is 0 Å². The van der Waals surface area contributed by atoms with Gasteiger partial charge in [0.05, 0.1) is 0 Å². The van der Waals surface area contributed by atoms with Gasteiger partial charge in [0, 0.05) is 15.5 Å². The molecule has 1 N–H and O–H groups in total. The Labute approximate surface area is 122 Å². The average Bonchev–Trinajstić information content (AvgIpc) is 2.85. The van der Waals surface area contributed by atoms with E-state index >= 15 is 0 Å². The first-order chi connectivity index (χ1) is 9.15. The normalized spacial score (nSPS) is 16.2. The van der Waals surface area contributed by atoms with Crippen molar-refractivity contribution in [1.29, 1.82) is 0 Å². The van der Waals surface area contributed by atoms with Gasteiger partial charge in [-0.25, -0.2) is 0 Å². The molecule has 19 heavy (non-hydrogen) atoms. The van der Waals surface area contributed by atoms with Crippen LogP contribution in [0, 0.1) is 13.8 Å². The molecule has 100 valence electrons. The molecule has 3 heteroatoms. The summed E-state index contributed by atoms with van der Waals surface area (Å²) in [6.07, 6.45) is 0.685. The van der Waals surface area contributed by atoms with Gasteiger partial charge in [-0.1, -0.05) is 18.2 Å². The zero-order valence-corrected chi connectivity index (χ0v) is 12.9. The SMILES string of the molecule is Cc1ccc(C(O)c2cc3c(s2)CCSC3)cc1C. The van der Waals surface area contributed by atoms with Crippen molar-refractivity contribution in [3.05, 3.63) is 56.3 Å². The first kappa shape index (κ1) is 13.2. The number of benzene rings is 1. The lowest BCUT2D eigenvalue weighted by atomic mass is 10.0. The Morgan fingerprint density at radius 1 is 1.16 bits per heavy atom. The van der Waals surface area contributed by atoms with Crippen LogP contribution in [-0.2, 0) is 12.2 Å². The number of rotatable bonds is 2. The highest BCUT2D eigenvalue weighted by Crippen LogP contribution is 2.36. The number of aliphatic hydroxyl groups is 1. The molecule has 0 saturated heterocycles. The lowest BCUT2D eigenvalue weighted by molar-refractivity contribution is 0.224. The predicted molar refractivity (Wildman–Crippen MR) is 84.2 cm³/mol. The standard InChI is InChI=1S/C16H18OS2/c1-10-3-4-12(7-11(10)2)16(17)15-8-13-9-18-6-5-14(13)19-15/h3-4,7-8,16-17H,5-6,9H2,1-2H3.